The summed E-state index contributed by atoms with van der Waals surface area (Å²) in [5, 5.41) is 20.0. The number of amides is 3. The topological polar surface area (TPSA) is 119 Å². The Hall–Kier alpha value is -2.82. The fourth-order valence-corrected chi connectivity index (χ4v) is 2.28. The molecule has 0 aliphatic carbocycles. The van der Waals surface area contributed by atoms with E-state index in [0.717, 1.165) is 12.8 Å². The summed E-state index contributed by atoms with van der Waals surface area (Å²) in [6.45, 7) is 1.44. The van der Waals surface area contributed by atoms with Crippen molar-refractivity contribution in [3.05, 3.63) is 23.9 Å². The second-order valence-electron chi connectivity index (χ2n) is 5.18. The molecular weight excluding hydrogens is 296 g/mol. The van der Waals surface area contributed by atoms with Gasteiger partial charge >= 0.3 is 6.03 Å². The van der Waals surface area contributed by atoms with Crippen molar-refractivity contribution >= 4 is 17.8 Å². The maximum absolute atomic E-state index is 11.8. The van der Waals surface area contributed by atoms with Gasteiger partial charge in [0.15, 0.2) is 0 Å². The van der Waals surface area contributed by atoms with Gasteiger partial charge in [0.05, 0.1) is 5.56 Å². The molecule has 1 unspecified atom stereocenters. The van der Waals surface area contributed by atoms with Crippen molar-refractivity contribution in [1.29, 1.82) is 5.26 Å². The van der Waals surface area contributed by atoms with E-state index in [0.29, 0.717) is 37.4 Å². The highest BCUT2D eigenvalue weighted by Gasteiger charge is 2.21. The lowest BCUT2D eigenvalue weighted by atomic mass is 10.1. The molecule has 2 heterocycles. The summed E-state index contributed by atoms with van der Waals surface area (Å²) in [6, 6.07) is 4.54. The van der Waals surface area contributed by atoms with Crippen molar-refractivity contribution in [2.75, 3.05) is 25.0 Å². The molecular formula is C15H20N6O2. The Morgan fingerprint density at radius 2 is 2.30 bits per heavy atom. The average Bonchev–Trinajstić information content (AvgIpc) is 2.77. The fraction of sp³-hybridized carbons (Fsp3) is 0.467. The van der Waals surface area contributed by atoms with E-state index in [4.69, 9.17) is 5.26 Å². The summed E-state index contributed by atoms with van der Waals surface area (Å²) >= 11 is 0. The lowest BCUT2D eigenvalue weighted by Gasteiger charge is -2.16. The molecule has 1 aromatic heterocycles. The van der Waals surface area contributed by atoms with E-state index in [1.54, 1.807) is 18.3 Å². The second kappa shape index (κ2) is 8.58. The number of rotatable bonds is 5. The Morgan fingerprint density at radius 1 is 1.43 bits per heavy atom. The Balaban J connectivity index is 1.70. The third-order valence-corrected chi connectivity index (χ3v) is 3.47. The molecule has 1 atom stereocenters. The van der Waals surface area contributed by atoms with Gasteiger partial charge in [-0.1, -0.05) is 0 Å². The van der Waals surface area contributed by atoms with E-state index in [-0.39, 0.29) is 11.9 Å². The van der Waals surface area contributed by atoms with Gasteiger partial charge in [0, 0.05) is 25.8 Å². The number of pyridine rings is 1. The number of hydrogen-bond acceptors (Lipinski definition) is 5. The third-order valence-electron chi connectivity index (χ3n) is 3.47. The molecule has 1 aliphatic heterocycles. The van der Waals surface area contributed by atoms with Crippen LogP contribution in [0.25, 0.3) is 0 Å². The predicted octanol–water partition coefficient (Wildman–Crippen LogP) is 0.333. The third kappa shape index (κ3) is 5.14. The molecule has 3 amide bonds. The minimum absolute atomic E-state index is 0.136. The van der Waals surface area contributed by atoms with Crippen LogP contribution in [0.4, 0.5) is 10.6 Å². The van der Waals surface area contributed by atoms with Gasteiger partial charge in [-0.05, 0) is 31.4 Å². The summed E-state index contributed by atoms with van der Waals surface area (Å²) < 4.78 is 0. The Kier molecular flexibility index (Phi) is 6.17. The number of nitrogens with one attached hydrogen (secondary N) is 4. The van der Waals surface area contributed by atoms with Gasteiger partial charge < -0.3 is 21.3 Å². The molecule has 0 saturated carbocycles. The van der Waals surface area contributed by atoms with Crippen LogP contribution in [0.3, 0.4) is 0 Å². The predicted molar refractivity (Wildman–Crippen MR) is 84.6 cm³/mol. The van der Waals surface area contributed by atoms with E-state index >= 15 is 0 Å². The zero-order chi connectivity index (χ0) is 16.5. The molecule has 0 bridgehead atoms. The lowest BCUT2D eigenvalue weighted by Crippen LogP contribution is -2.49. The molecule has 122 valence electrons. The van der Waals surface area contributed by atoms with Gasteiger partial charge in [-0.25, -0.2) is 9.78 Å². The number of nitrogens with zero attached hydrogens (tertiary/aromatic N) is 2. The maximum Gasteiger partial charge on any atom is 0.315 e. The molecule has 0 spiro atoms. The first kappa shape index (κ1) is 16.5. The number of carbonyl (C=O) groups is 2. The lowest BCUT2D eigenvalue weighted by molar-refractivity contribution is -0.122. The standard InChI is InChI=1S/C15H20N6O2/c16-10-11-4-3-7-17-13(11)18-8-9-20-15(23)21-12-5-1-2-6-19-14(12)22/h3-4,7,12H,1-2,5-6,8-9H2,(H,17,18)(H,19,22)(H2,20,21,23). The SMILES string of the molecule is N#Cc1cccnc1NCCNC(=O)NC1CCCCNC1=O. The molecule has 0 aromatic carbocycles. The van der Waals surface area contributed by atoms with Crippen LogP contribution in [0.2, 0.25) is 0 Å². The number of carbonyl (C=O) groups excluding carboxylic acids is 2. The average molecular weight is 316 g/mol. The van der Waals surface area contributed by atoms with Crippen LogP contribution in [0.15, 0.2) is 18.3 Å². The fourth-order valence-electron chi connectivity index (χ4n) is 2.28. The van der Waals surface area contributed by atoms with E-state index in [1.165, 1.54) is 0 Å². The summed E-state index contributed by atoms with van der Waals surface area (Å²) in [5.41, 5.74) is 0.451. The number of urea groups is 1. The van der Waals surface area contributed by atoms with Gasteiger partial charge in [-0.3, -0.25) is 4.79 Å². The smallest absolute Gasteiger partial charge is 0.315 e. The van der Waals surface area contributed by atoms with Gasteiger partial charge in [0.25, 0.3) is 0 Å². The monoisotopic (exact) mass is 316 g/mol. The Bertz CT molecular complexity index is 598. The molecule has 0 radical (unpaired) electrons. The zero-order valence-corrected chi connectivity index (χ0v) is 12.8. The van der Waals surface area contributed by atoms with Crippen LogP contribution >= 0.6 is 0 Å². The first-order chi connectivity index (χ1) is 11.2. The van der Waals surface area contributed by atoms with Crippen molar-refractivity contribution in [3.63, 3.8) is 0 Å². The molecule has 1 aliphatic rings. The number of nitriles is 1. The summed E-state index contributed by atoms with van der Waals surface area (Å²) in [6.07, 6.45) is 4.08. The summed E-state index contributed by atoms with van der Waals surface area (Å²) in [4.78, 5) is 27.6. The minimum Gasteiger partial charge on any atom is -0.367 e. The van der Waals surface area contributed by atoms with Crippen LogP contribution in [-0.4, -0.2) is 42.6 Å². The van der Waals surface area contributed by atoms with Crippen LogP contribution < -0.4 is 21.3 Å². The molecule has 1 fully saturated rings. The molecule has 2 rings (SSSR count). The van der Waals surface area contributed by atoms with Crippen molar-refractivity contribution < 1.29 is 9.59 Å². The van der Waals surface area contributed by atoms with E-state index < -0.39 is 6.04 Å². The number of aromatic nitrogens is 1. The minimum atomic E-state index is -0.480. The van der Waals surface area contributed by atoms with Crippen LogP contribution in [-0.2, 0) is 4.79 Å². The normalized spacial score (nSPS) is 17.3. The second-order valence-corrected chi connectivity index (χ2v) is 5.18. The van der Waals surface area contributed by atoms with Crippen LogP contribution in [0.1, 0.15) is 24.8 Å². The van der Waals surface area contributed by atoms with Gasteiger partial charge in [0.2, 0.25) is 5.91 Å². The maximum atomic E-state index is 11.8. The van der Waals surface area contributed by atoms with E-state index in [9.17, 15) is 9.59 Å². The first-order valence-corrected chi connectivity index (χ1v) is 7.62. The molecule has 8 nitrogen and oxygen atoms in total. The number of anilines is 1. The highest BCUT2D eigenvalue weighted by molar-refractivity contribution is 5.87. The van der Waals surface area contributed by atoms with Crippen molar-refractivity contribution in [2.24, 2.45) is 0 Å². The molecule has 8 heteroatoms. The van der Waals surface area contributed by atoms with Crippen LogP contribution in [0.5, 0.6) is 0 Å². The zero-order valence-electron chi connectivity index (χ0n) is 12.8. The van der Waals surface area contributed by atoms with Gasteiger partial charge in [0.1, 0.15) is 17.9 Å². The summed E-state index contributed by atoms with van der Waals surface area (Å²) in [5.74, 6) is 0.350. The van der Waals surface area contributed by atoms with Crippen molar-refractivity contribution in [1.82, 2.24) is 20.9 Å². The van der Waals surface area contributed by atoms with Crippen molar-refractivity contribution in [2.45, 2.75) is 25.3 Å². The molecule has 4 N–H and O–H groups in total. The quantitative estimate of drug-likeness (QED) is 0.584. The van der Waals surface area contributed by atoms with Gasteiger partial charge in [-0.2, -0.15) is 5.26 Å². The van der Waals surface area contributed by atoms with E-state index in [1.807, 2.05) is 6.07 Å². The Morgan fingerprint density at radius 3 is 3.13 bits per heavy atom. The molecule has 1 saturated heterocycles. The first-order valence-electron chi connectivity index (χ1n) is 7.62. The highest BCUT2D eigenvalue weighted by atomic mass is 16.2. The Labute approximate surface area is 134 Å². The molecule has 23 heavy (non-hydrogen) atoms. The largest absolute Gasteiger partial charge is 0.367 e. The van der Waals surface area contributed by atoms with E-state index in [2.05, 4.69) is 26.3 Å². The number of hydrogen-bond donors (Lipinski definition) is 4. The highest BCUT2D eigenvalue weighted by Crippen LogP contribution is 2.08. The van der Waals surface area contributed by atoms with Gasteiger partial charge in [-0.15, -0.1) is 0 Å². The summed E-state index contributed by atoms with van der Waals surface area (Å²) in [7, 11) is 0. The van der Waals surface area contributed by atoms with Crippen LogP contribution in [0, 0.1) is 11.3 Å². The molecule has 1 aromatic rings. The van der Waals surface area contributed by atoms with Crippen molar-refractivity contribution in [3.8, 4) is 6.07 Å².